The highest BCUT2D eigenvalue weighted by molar-refractivity contribution is 9.10. The third-order valence-corrected chi connectivity index (χ3v) is 4.43. The number of halogens is 1. The molecule has 0 aliphatic carbocycles. The van der Waals surface area contributed by atoms with Crippen LogP contribution >= 0.6 is 15.9 Å². The highest BCUT2D eigenvalue weighted by atomic mass is 79.9. The van der Waals surface area contributed by atoms with Gasteiger partial charge in [-0.25, -0.2) is 0 Å². The number of amides is 1. The third kappa shape index (κ3) is 3.74. The van der Waals surface area contributed by atoms with E-state index < -0.39 is 0 Å². The predicted octanol–water partition coefficient (Wildman–Crippen LogP) is 4.25. The molecule has 0 aliphatic heterocycles. The van der Waals surface area contributed by atoms with E-state index in [0.29, 0.717) is 5.75 Å². The molecule has 0 bridgehead atoms. The second kappa shape index (κ2) is 7.45. The molecule has 0 radical (unpaired) electrons. The Bertz CT molecular complexity index is 861. The number of benzene rings is 2. The molecule has 1 amide bonds. The van der Waals surface area contributed by atoms with Crippen molar-refractivity contribution in [1.82, 2.24) is 10.3 Å². The first-order valence-electron chi connectivity index (χ1n) is 7.65. The molecule has 5 heteroatoms. The Labute approximate surface area is 149 Å². The fourth-order valence-electron chi connectivity index (χ4n) is 2.52. The monoisotopic (exact) mass is 384 g/mol. The van der Waals surface area contributed by atoms with Gasteiger partial charge in [0.05, 0.1) is 6.04 Å². The van der Waals surface area contributed by atoms with Crippen LogP contribution in [-0.2, 0) is 4.79 Å². The number of fused-ring (bicyclic) bond motifs is 1. The van der Waals surface area contributed by atoms with Crippen LogP contribution in [0.2, 0.25) is 0 Å². The Morgan fingerprint density at radius 2 is 1.96 bits per heavy atom. The maximum absolute atomic E-state index is 12.2. The molecule has 0 saturated carbocycles. The van der Waals surface area contributed by atoms with Gasteiger partial charge in [0.1, 0.15) is 11.3 Å². The highest BCUT2D eigenvalue weighted by Gasteiger charge is 2.13. The number of hydrogen-bond donors (Lipinski definition) is 1. The molecule has 0 fully saturated rings. The van der Waals surface area contributed by atoms with E-state index in [-0.39, 0.29) is 18.6 Å². The number of nitrogens with zero attached hydrogens (tertiary/aromatic N) is 1. The SMILES string of the molecule is C[C@@H](NC(=O)COc1cccc2cccnc12)c1ccccc1Br. The van der Waals surface area contributed by atoms with Gasteiger partial charge in [-0.2, -0.15) is 0 Å². The number of rotatable bonds is 5. The molecular formula is C19H17BrN2O2. The Morgan fingerprint density at radius 1 is 1.17 bits per heavy atom. The van der Waals surface area contributed by atoms with Gasteiger partial charge in [0, 0.05) is 16.1 Å². The molecular weight excluding hydrogens is 368 g/mol. The van der Waals surface area contributed by atoms with Crippen LogP contribution < -0.4 is 10.1 Å². The lowest BCUT2D eigenvalue weighted by Gasteiger charge is -2.16. The fraction of sp³-hybridized carbons (Fsp3) is 0.158. The number of ether oxygens (including phenoxy) is 1. The molecule has 1 N–H and O–H groups in total. The molecule has 3 aromatic rings. The lowest BCUT2D eigenvalue weighted by atomic mass is 10.1. The van der Waals surface area contributed by atoms with Gasteiger partial charge in [0.15, 0.2) is 6.61 Å². The van der Waals surface area contributed by atoms with Crippen molar-refractivity contribution < 1.29 is 9.53 Å². The summed E-state index contributed by atoms with van der Waals surface area (Å²) in [6.45, 7) is 1.89. The first-order chi connectivity index (χ1) is 11.6. The zero-order valence-electron chi connectivity index (χ0n) is 13.2. The summed E-state index contributed by atoms with van der Waals surface area (Å²) >= 11 is 3.50. The number of pyridine rings is 1. The molecule has 24 heavy (non-hydrogen) atoms. The molecule has 4 nitrogen and oxygen atoms in total. The molecule has 1 atom stereocenters. The molecule has 0 aliphatic rings. The molecule has 0 spiro atoms. The molecule has 1 aromatic heterocycles. The topological polar surface area (TPSA) is 51.2 Å². The van der Waals surface area contributed by atoms with Crippen molar-refractivity contribution in [2.75, 3.05) is 6.61 Å². The minimum Gasteiger partial charge on any atom is -0.481 e. The van der Waals surface area contributed by atoms with Crippen LogP contribution in [0.5, 0.6) is 5.75 Å². The van der Waals surface area contributed by atoms with Crippen molar-refractivity contribution >= 4 is 32.7 Å². The second-order valence-electron chi connectivity index (χ2n) is 5.43. The zero-order valence-corrected chi connectivity index (χ0v) is 14.8. The van der Waals surface area contributed by atoms with Crippen molar-refractivity contribution in [2.24, 2.45) is 0 Å². The lowest BCUT2D eigenvalue weighted by molar-refractivity contribution is -0.123. The lowest BCUT2D eigenvalue weighted by Crippen LogP contribution is -2.31. The minimum atomic E-state index is -0.175. The Balaban J connectivity index is 1.64. The van der Waals surface area contributed by atoms with Crippen LogP contribution in [0.1, 0.15) is 18.5 Å². The average Bonchev–Trinajstić information content (AvgIpc) is 2.60. The number of nitrogens with one attached hydrogen (secondary N) is 1. The van der Waals surface area contributed by atoms with Crippen molar-refractivity contribution in [1.29, 1.82) is 0 Å². The van der Waals surface area contributed by atoms with Crippen LogP contribution in [0.25, 0.3) is 10.9 Å². The summed E-state index contributed by atoms with van der Waals surface area (Å²) in [6.07, 6.45) is 1.71. The normalized spacial score (nSPS) is 11.9. The van der Waals surface area contributed by atoms with Gasteiger partial charge in [0.25, 0.3) is 5.91 Å². The van der Waals surface area contributed by atoms with Gasteiger partial charge in [-0.15, -0.1) is 0 Å². The standard InChI is InChI=1S/C19H17BrN2O2/c1-13(15-8-2-3-9-16(15)20)22-18(23)12-24-17-10-4-6-14-7-5-11-21-19(14)17/h2-11,13H,12H2,1H3,(H,22,23)/t13-/m1/s1. The number of carbonyl (C=O) groups is 1. The van der Waals surface area contributed by atoms with Crippen LogP contribution in [0, 0.1) is 0 Å². The van der Waals surface area contributed by atoms with E-state index in [1.54, 1.807) is 6.20 Å². The Kier molecular flexibility index (Phi) is 5.11. The van der Waals surface area contributed by atoms with Crippen molar-refractivity contribution in [3.63, 3.8) is 0 Å². The predicted molar refractivity (Wildman–Crippen MR) is 97.9 cm³/mol. The number of para-hydroxylation sites is 1. The quantitative estimate of drug-likeness (QED) is 0.714. The summed E-state index contributed by atoms with van der Waals surface area (Å²) in [6, 6.07) is 17.2. The first-order valence-corrected chi connectivity index (χ1v) is 8.45. The van der Waals surface area contributed by atoms with E-state index in [9.17, 15) is 4.79 Å². The van der Waals surface area contributed by atoms with Gasteiger partial charge in [-0.05, 0) is 30.7 Å². The Hall–Kier alpha value is -2.40. The summed E-state index contributed by atoms with van der Waals surface area (Å²) in [7, 11) is 0. The molecule has 3 rings (SSSR count). The Morgan fingerprint density at radius 3 is 2.79 bits per heavy atom. The van der Waals surface area contributed by atoms with Gasteiger partial charge < -0.3 is 10.1 Å². The maximum atomic E-state index is 12.2. The van der Waals surface area contributed by atoms with E-state index in [1.165, 1.54) is 0 Å². The van der Waals surface area contributed by atoms with Crippen molar-refractivity contribution in [3.05, 3.63) is 70.8 Å². The smallest absolute Gasteiger partial charge is 0.258 e. The van der Waals surface area contributed by atoms with Gasteiger partial charge >= 0.3 is 0 Å². The number of carbonyl (C=O) groups excluding carboxylic acids is 1. The second-order valence-corrected chi connectivity index (χ2v) is 6.28. The molecule has 0 saturated heterocycles. The van der Waals surface area contributed by atoms with E-state index in [2.05, 4.69) is 26.2 Å². The van der Waals surface area contributed by atoms with E-state index >= 15 is 0 Å². The summed E-state index contributed by atoms with van der Waals surface area (Å²) in [5.74, 6) is 0.433. The third-order valence-electron chi connectivity index (χ3n) is 3.70. The highest BCUT2D eigenvalue weighted by Crippen LogP contribution is 2.24. The number of aromatic nitrogens is 1. The van der Waals surface area contributed by atoms with Gasteiger partial charge in [0.2, 0.25) is 0 Å². The molecule has 0 unspecified atom stereocenters. The zero-order chi connectivity index (χ0) is 16.9. The van der Waals surface area contributed by atoms with E-state index in [4.69, 9.17) is 4.74 Å². The number of hydrogen-bond acceptors (Lipinski definition) is 3. The van der Waals surface area contributed by atoms with Crippen LogP contribution in [0.15, 0.2) is 65.3 Å². The van der Waals surface area contributed by atoms with Crippen LogP contribution in [0.3, 0.4) is 0 Å². The molecule has 122 valence electrons. The van der Waals surface area contributed by atoms with Gasteiger partial charge in [-0.3, -0.25) is 9.78 Å². The average molecular weight is 385 g/mol. The summed E-state index contributed by atoms with van der Waals surface area (Å²) in [5.41, 5.74) is 1.78. The van der Waals surface area contributed by atoms with Crippen molar-refractivity contribution in [3.8, 4) is 5.75 Å². The fourth-order valence-corrected chi connectivity index (χ4v) is 3.15. The summed E-state index contributed by atoms with van der Waals surface area (Å²) < 4.78 is 6.63. The van der Waals surface area contributed by atoms with Crippen LogP contribution in [0.4, 0.5) is 0 Å². The minimum absolute atomic E-state index is 0.0511. The van der Waals surface area contributed by atoms with E-state index in [0.717, 1.165) is 20.9 Å². The molecule has 2 aromatic carbocycles. The molecule has 1 heterocycles. The van der Waals surface area contributed by atoms with E-state index in [1.807, 2.05) is 61.5 Å². The van der Waals surface area contributed by atoms with Crippen LogP contribution in [-0.4, -0.2) is 17.5 Å². The maximum Gasteiger partial charge on any atom is 0.258 e. The van der Waals surface area contributed by atoms with Crippen molar-refractivity contribution in [2.45, 2.75) is 13.0 Å². The van der Waals surface area contributed by atoms with Gasteiger partial charge in [-0.1, -0.05) is 52.3 Å². The largest absolute Gasteiger partial charge is 0.481 e. The summed E-state index contributed by atoms with van der Waals surface area (Å²) in [5, 5.41) is 3.92. The summed E-state index contributed by atoms with van der Waals surface area (Å²) in [4.78, 5) is 16.5. The first kappa shape index (κ1) is 16.5.